The standard InChI is InChI=1S/C20H19NO5S/c1-20(2,3)18(23)15-16(14-5-4-8-27-14)21(19(24)17(15)22)11-6-7-12-13(9-11)26-10-25-12/h4-9,16,22H,10H2,1-3H3. The largest absolute Gasteiger partial charge is 0.503 e. The Morgan fingerprint density at radius 3 is 2.63 bits per heavy atom. The molecule has 2 aliphatic heterocycles. The number of rotatable bonds is 3. The van der Waals surface area contributed by atoms with E-state index in [1.165, 1.54) is 16.2 Å². The highest BCUT2D eigenvalue weighted by atomic mass is 32.1. The monoisotopic (exact) mass is 385 g/mol. The number of nitrogens with zero attached hydrogens (tertiary/aromatic N) is 1. The number of anilines is 1. The highest BCUT2D eigenvalue weighted by Gasteiger charge is 2.47. The van der Waals surface area contributed by atoms with E-state index in [1.54, 1.807) is 39.0 Å². The van der Waals surface area contributed by atoms with Gasteiger partial charge in [0.05, 0.1) is 5.57 Å². The first kappa shape index (κ1) is 17.6. The summed E-state index contributed by atoms with van der Waals surface area (Å²) in [6.07, 6.45) is 0. The van der Waals surface area contributed by atoms with Crippen molar-refractivity contribution in [3.8, 4) is 11.5 Å². The fourth-order valence-corrected chi connectivity index (χ4v) is 4.08. The zero-order chi connectivity index (χ0) is 19.3. The maximum absolute atomic E-state index is 13.1. The second kappa shape index (κ2) is 6.13. The van der Waals surface area contributed by atoms with Crippen LogP contribution in [0.5, 0.6) is 11.5 Å². The van der Waals surface area contributed by atoms with Crippen LogP contribution < -0.4 is 14.4 Å². The Kier molecular flexibility index (Phi) is 3.99. The van der Waals surface area contributed by atoms with Crippen molar-refractivity contribution in [1.29, 1.82) is 0 Å². The van der Waals surface area contributed by atoms with Crippen molar-refractivity contribution < 1.29 is 24.2 Å². The Labute approximate surface area is 160 Å². The molecule has 3 heterocycles. The Hall–Kier alpha value is -2.80. The van der Waals surface area contributed by atoms with Crippen LogP contribution in [0.3, 0.4) is 0 Å². The number of aliphatic hydroxyl groups excluding tert-OH is 1. The van der Waals surface area contributed by atoms with E-state index in [9.17, 15) is 14.7 Å². The van der Waals surface area contributed by atoms with Crippen LogP contribution in [0, 0.1) is 5.41 Å². The van der Waals surface area contributed by atoms with Gasteiger partial charge in [0, 0.05) is 22.0 Å². The van der Waals surface area contributed by atoms with E-state index in [-0.39, 0.29) is 18.1 Å². The molecule has 0 aliphatic carbocycles. The van der Waals surface area contributed by atoms with Gasteiger partial charge in [-0.2, -0.15) is 0 Å². The molecule has 140 valence electrons. The second-order valence-electron chi connectivity index (χ2n) is 7.47. The van der Waals surface area contributed by atoms with Gasteiger partial charge in [0.2, 0.25) is 6.79 Å². The van der Waals surface area contributed by atoms with Gasteiger partial charge in [-0.05, 0) is 23.6 Å². The third-order valence-electron chi connectivity index (χ3n) is 4.58. The van der Waals surface area contributed by atoms with Crippen LogP contribution in [-0.2, 0) is 9.59 Å². The number of amides is 1. The first-order valence-corrected chi connectivity index (χ1v) is 9.41. The summed E-state index contributed by atoms with van der Waals surface area (Å²) >= 11 is 1.43. The first-order valence-electron chi connectivity index (χ1n) is 8.53. The van der Waals surface area contributed by atoms with Crippen LogP contribution >= 0.6 is 11.3 Å². The molecule has 1 N–H and O–H groups in total. The smallest absolute Gasteiger partial charge is 0.294 e. The number of ketones is 1. The number of thiophene rings is 1. The summed E-state index contributed by atoms with van der Waals surface area (Å²) in [4.78, 5) is 28.3. The Morgan fingerprint density at radius 1 is 1.22 bits per heavy atom. The fraction of sp³-hybridized carbons (Fsp3) is 0.300. The van der Waals surface area contributed by atoms with Gasteiger partial charge in [-0.3, -0.25) is 14.5 Å². The topological polar surface area (TPSA) is 76.1 Å². The second-order valence-corrected chi connectivity index (χ2v) is 8.45. The van der Waals surface area contributed by atoms with Crippen LogP contribution in [0.1, 0.15) is 31.7 Å². The van der Waals surface area contributed by atoms with Gasteiger partial charge in [-0.25, -0.2) is 0 Å². The van der Waals surface area contributed by atoms with E-state index >= 15 is 0 Å². The summed E-state index contributed by atoms with van der Waals surface area (Å²) in [5, 5.41) is 12.5. The molecule has 0 bridgehead atoms. The lowest BCUT2D eigenvalue weighted by Gasteiger charge is -2.28. The molecule has 1 amide bonds. The number of Topliss-reactive ketones (excluding diaryl/α,β-unsaturated/α-hetero) is 1. The molecule has 2 aromatic rings. The number of hydrogen-bond acceptors (Lipinski definition) is 6. The summed E-state index contributed by atoms with van der Waals surface area (Å²) in [6, 6.07) is 8.18. The Bertz CT molecular complexity index is 955. The molecule has 2 aliphatic rings. The average Bonchev–Trinajstić information content (AvgIpc) is 3.33. The lowest BCUT2D eigenvalue weighted by molar-refractivity contribution is -0.123. The van der Waals surface area contributed by atoms with Crippen molar-refractivity contribution in [2.75, 3.05) is 11.7 Å². The molecule has 6 nitrogen and oxygen atoms in total. The van der Waals surface area contributed by atoms with Crippen molar-refractivity contribution in [2.45, 2.75) is 26.8 Å². The average molecular weight is 385 g/mol. The van der Waals surface area contributed by atoms with Crippen molar-refractivity contribution in [2.24, 2.45) is 5.41 Å². The number of carbonyl (C=O) groups is 2. The predicted octanol–water partition coefficient (Wildman–Crippen LogP) is 3.99. The molecule has 0 saturated carbocycles. The molecule has 0 saturated heterocycles. The van der Waals surface area contributed by atoms with Gasteiger partial charge in [0.25, 0.3) is 5.91 Å². The van der Waals surface area contributed by atoms with Gasteiger partial charge in [-0.1, -0.05) is 26.8 Å². The number of aliphatic hydroxyl groups is 1. The SMILES string of the molecule is CC(C)(C)C(=O)C1=C(O)C(=O)N(c2ccc3c(c2)OCO3)C1c1cccs1. The van der Waals surface area contributed by atoms with Crippen molar-refractivity contribution in [3.63, 3.8) is 0 Å². The van der Waals surface area contributed by atoms with Crippen molar-refractivity contribution >= 4 is 28.7 Å². The van der Waals surface area contributed by atoms with E-state index in [2.05, 4.69) is 0 Å². The minimum Gasteiger partial charge on any atom is -0.503 e. The van der Waals surface area contributed by atoms with Crippen LogP contribution in [-0.4, -0.2) is 23.6 Å². The van der Waals surface area contributed by atoms with Gasteiger partial charge >= 0.3 is 0 Å². The zero-order valence-corrected chi connectivity index (χ0v) is 16.0. The summed E-state index contributed by atoms with van der Waals surface area (Å²) in [6.45, 7) is 5.44. The summed E-state index contributed by atoms with van der Waals surface area (Å²) in [5.41, 5.74) is -0.0668. The van der Waals surface area contributed by atoms with Crippen LogP contribution in [0.2, 0.25) is 0 Å². The minimum atomic E-state index is -0.732. The van der Waals surface area contributed by atoms with E-state index in [0.29, 0.717) is 17.2 Å². The molecule has 7 heteroatoms. The molecule has 0 fully saturated rings. The molecule has 4 rings (SSSR count). The van der Waals surface area contributed by atoms with Crippen molar-refractivity contribution in [3.05, 3.63) is 51.9 Å². The molecule has 1 unspecified atom stereocenters. The lowest BCUT2D eigenvalue weighted by Crippen LogP contribution is -2.32. The molecular weight excluding hydrogens is 366 g/mol. The summed E-state index contributed by atoms with van der Waals surface area (Å²) in [5.74, 6) is -0.220. The quantitative estimate of drug-likeness (QED) is 0.864. The Balaban J connectivity index is 1.85. The zero-order valence-electron chi connectivity index (χ0n) is 15.2. The minimum absolute atomic E-state index is 0.123. The van der Waals surface area contributed by atoms with Crippen LogP contribution in [0.25, 0.3) is 0 Å². The highest BCUT2D eigenvalue weighted by Crippen LogP contribution is 2.46. The van der Waals surface area contributed by atoms with E-state index in [0.717, 1.165) is 4.88 Å². The maximum atomic E-state index is 13.1. The highest BCUT2D eigenvalue weighted by molar-refractivity contribution is 7.10. The molecule has 1 aromatic carbocycles. The molecule has 0 spiro atoms. The molecule has 1 atom stereocenters. The summed E-state index contributed by atoms with van der Waals surface area (Å²) in [7, 11) is 0. The fourth-order valence-electron chi connectivity index (χ4n) is 3.26. The maximum Gasteiger partial charge on any atom is 0.294 e. The van der Waals surface area contributed by atoms with Gasteiger partial charge in [0.15, 0.2) is 23.0 Å². The third-order valence-corrected chi connectivity index (χ3v) is 5.51. The van der Waals surface area contributed by atoms with E-state index in [4.69, 9.17) is 9.47 Å². The third kappa shape index (κ3) is 2.78. The van der Waals surface area contributed by atoms with Crippen LogP contribution in [0.4, 0.5) is 5.69 Å². The van der Waals surface area contributed by atoms with Gasteiger partial charge in [0.1, 0.15) is 6.04 Å². The number of ether oxygens (including phenoxy) is 2. The molecule has 27 heavy (non-hydrogen) atoms. The summed E-state index contributed by atoms with van der Waals surface area (Å²) < 4.78 is 10.7. The van der Waals surface area contributed by atoms with Crippen molar-refractivity contribution in [1.82, 2.24) is 0 Å². The normalized spacial score (nSPS) is 19.1. The first-order chi connectivity index (χ1) is 12.8. The number of benzene rings is 1. The van der Waals surface area contributed by atoms with Crippen LogP contribution in [0.15, 0.2) is 47.0 Å². The van der Waals surface area contributed by atoms with E-state index in [1.807, 2.05) is 17.5 Å². The predicted molar refractivity (Wildman–Crippen MR) is 101 cm³/mol. The van der Waals surface area contributed by atoms with E-state index < -0.39 is 23.1 Å². The number of fused-ring (bicyclic) bond motifs is 1. The Morgan fingerprint density at radius 2 is 1.96 bits per heavy atom. The van der Waals surface area contributed by atoms with Gasteiger partial charge in [-0.15, -0.1) is 11.3 Å². The molecule has 1 aromatic heterocycles. The number of carbonyl (C=O) groups excluding carboxylic acids is 2. The lowest BCUT2D eigenvalue weighted by atomic mass is 9.83. The number of hydrogen-bond donors (Lipinski definition) is 1. The molecular formula is C20H19NO5S. The van der Waals surface area contributed by atoms with Gasteiger partial charge < -0.3 is 14.6 Å². The molecule has 0 radical (unpaired) electrons.